The summed E-state index contributed by atoms with van der Waals surface area (Å²) in [7, 11) is 0. The van der Waals surface area contributed by atoms with Crippen molar-refractivity contribution < 1.29 is 5.21 Å². The Labute approximate surface area is 133 Å². The zero-order valence-electron chi connectivity index (χ0n) is 12.3. The van der Waals surface area contributed by atoms with Crippen LogP contribution >= 0.6 is 0 Å². The van der Waals surface area contributed by atoms with Crippen molar-refractivity contribution in [2.75, 3.05) is 10.5 Å². The molecule has 114 valence electrons. The summed E-state index contributed by atoms with van der Waals surface area (Å²) >= 11 is 0. The molecule has 2 aliphatic rings. The van der Waals surface area contributed by atoms with E-state index in [1.54, 1.807) is 0 Å². The van der Waals surface area contributed by atoms with Gasteiger partial charge in [0, 0.05) is 5.56 Å². The van der Waals surface area contributed by atoms with E-state index in [9.17, 15) is 10.1 Å². The van der Waals surface area contributed by atoms with Crippen LogP contribution in [0.5, 0.6) is 0 Å². The highest BCUT2D eigenvalue weighted by molar-refractivity contribution is 5.92. The lowest BCUT2D eigenvalue weighted by molar-refractivity contribution is 0.301. The minimum atomic E-state index is 0.763. The average molecular weight is 305 g/mol. The molecule has 5 nitrogen and oxygen atoms in total. The molecule has 0 atom stereocenters. The highest BCUT2D eigenvalue weighted by Gasteiger charge is 2.16. The molecular formula is C18H15N3O2. The van der Waals surface area contributed by atoms with Gasteiger partial charge in [0.1, 0.15) is 0 Å². The van der Waals surface area contributed by atoms with Gasteiger partial charge in [-0.25, -0.2) is 10.5 Å². The molecule has 0 heterocycles. The van der Waals surface area contributed by atoms with Crippen molar-refractivity contribution in [3.05, 3.63) is 83.8 Å². The third-order valence-electron chi connectivity index (χ3n) is 3.41. The fourth-order valence-corrected chi connectivity index (χ4v) is 2.19. The topological polar surface area (TPSA) is 64.9 Å². The van der Waals surface area contributed by atoms with E-state index in [-0.39, 0.29) is 0 Å². The van der Waals surface area contributed by atoms with Crippen molar-refractivity contribution in [2.45, 2.75) is 0 Å². The Balaban J connectivity index is 0.000000149. The minimum Gasteiger partial charge on any atom is -0.284 e. The SMILES string of the molecule is O=NNc1ccc2cc1-2.ON(c1ccccc1)c1ccccc1. The Kier molecular flexibility index (Phi) is 4.31. The number of nitrogens with one attached hydrogen (secondary N) is 1. The highest BCUT2D eigenvalue weighted by Crippen LogP contribution is 2.41. The smallest absolute Gasteiger partial charge is 0.0693 e. The summed E-state index contributed by atoms with van der Waals surface area (Å²) in [5, 5.41) is 13.5. The third kappa shape index (κ3) is 3.53. The van der Waals surface area contributed by atoms with Gasteiger partial charge in [0.15, 0.2) is 0 Å². The fraction of sp³-hybridized carbons (Fsp3) is 0. The van der Waals surface area contributed by atoms with Crippen molar-refractivity contribution in [3.8, 4) is 11.1 Å². The molecule has 0 fully saturated rings. The first-order valence-electron chi connectivity index (χ1n) is 7.11. The van der Waals surface area contributed by atoms with Crippen molar-refractivity contribution in [1.82, 2.24) is 0 Å². The van der Waals surface area contributed by atoms with Gasteiger partial charge in [-0.1, -0.05) is 42.5 Å². The number of nitrogens with zero attached hydrogens (tertiary/aromatic N) is 2. The summed E-state index contributed by atoms with van der Waals surface area (Å²) in [6.07, 6.45) is 0. The molecule has 0 aromatic heterocycles. The molecule has 4 rings (SSSR count). The van der Waals surface area contributed by atoms with E-state index < -0.39 is 0 Å². The second-order valence-corrected chi connectivity index (χ2v) is 4.95. The summed E-state index contributed by atoms with van der Waals surface area (Å²) in [5.74, 6) is 0. The van der Waals surface area contributed by atoms with Crippen LogP contribution in [-0.4, -0.2) is 5.21 Å². The standard InChI is InChI=1S/C12H11NO.C6H4N2O/c14-13(11-7-3-1-4-8-11)12-9-5-2-6-10-12;9-8-7-6-2-1-4-3-5(4)6/h1-10,14H;1-3H,(H,7,9). The molecule has 0 unspecified atom stereocenters. The van der Waals surface area contributed by atoms with Gasteiger partial charge in [-0.05, 0) is 42.0 Å². The van der Waals surface area contributed by atoms with E-state index >= 15 is 0 Å². The number of para-hydroxylation sites is 2. The Hall–Kier alpha value is -3.18. The summed E-state index contributed by atoms with van der Waals surface area (Å²) in [4.78, 5) is 9.67. The van der Waals surface area contributed by atoms with Gasteiger partial charge in [0.25, 0.3) is 0 Å². The van der Waals surface area contributed by atoms with Gasteiger partial charge in [-0.2, -0.15) is 0 Å². The molecule has 0 aliphatic heterocycles. The summed E-state index contributed by atoms with van der Waals surface area (Å²) in [6.45, 7) is 0. The summed E-state index contributed by atoms with van der Waals surface area (Å²) < 4.78 is 0. The molecule has 0 saturated heterocycles. The maximum absolute atomic E-state index is 9.83. The lowest BCUT2D eigenvalue weighted by Crippen LogP contribution is -2.09. The summed E-state index contributed by atoms with van der Waals surface area (Å²) in [5.41, 5.74) is 7.02. The minimum absolute atomic E-state index is 0.763. The molecule has 0 saturated carbocycles. The van der Waals surface area contributed by atoms with Crippen LogP contribution in [0.1, 0.15) is 0 Å². The number of rotatable bonds is 4. The monoisotopic (exact) mass is 305 g/mol. The molecule has 2 N–H and O–H groups in total. The van der Waals surface area contributed by atoms with Crippen molar-refractivity contribution in [3.63, 3.8) is 0 Å². The molecule has 2 aliphatic carbocycles. The maximum atomic E-state index is 9.83. The molecular weight excluding hydrogens is 290 g/mol. The Morgan fingerprint density at radius 3 is 1.78 bits per heavy atom. The van der Waals surface area contributed by atoms with Crippen LogP contribution in [0.4, 0.5) is 17.1 Å². The van der Waals surface area contributed by atoms with Crippen molar-refractivity contribution >= 4 is 17.1 Å². The van der Waals surface area contributed by atoms with Crippen LogP contribution < -0.4 is 10.5 Å². The van der Waals surface area contributed by atoms with Gasteiger partial charge in [0.05, 0.1) is 22.3 Å². The average Bonchev–Trinajstić information content (AvgIpc) is 3.31. The number of anilines is 3. The Morgan fingerprint density at radius 1 is 0.826 bits per heavy atom. The zero-order chi connectivity index (χ0) is 16.1. The lowest BCUT2D eigenvalue weighted by atomic mass is 10.2. The van der Waals surface area contributed by atoms with Gasteiger partial charge < -0.3 is 0 Å². The first-order chi connectivity index (χ1) is 11.3. The Morgan fingerprint density at radius 2 is 1.39 bits per heavy atom. The van der Waals surface area contributed by atoms with E-state index in [1.807, 2.05) is 78.9 Å². The molecule has 5 heteroatoms. The predicted molar refractivity (Wildman–Crippen MR) is 91.7 cm³/mol. The first-order valence-corrected chi connectivity index (χ1v) is 7.11. The van der Waals surface area contributed by atoms with Crippen LogP contribution in [0, 0.1) is 4.91 Å². The Bertz CT molecular complexity index is 752. The van der Waals surface area contributed by atoms with Crippen LogP contribution in [-0.2, 0) is 0 Å². The van der Waals surface area contributed by atoms with Crippen LogP contribution in [0.2, 0.25) is 0 Å². The highest BCUT2D eigenvalue weighted by atomic mass is 16.5. The largest absolute Gasteiger partial charge is 0.284 e. The molecule has 0 spiro atoms. The van der Waals surface area contributed by atoms with Gasteiger partial charge in [-0.3, -0.25) is 5.21 Å². The lowest BCUT2D eigenvalue weighted by Gasteiger charge is -2.16. The van der Waals surface area contributed by atoms with Crippen LogP contribution in [0.15, 0.2) is 84.1 Å². The maximum Gasteiger partial charge on any atom is 0.0693 e. The number of fused-ring (bicyclic) bond motifs is 1. The van der Waals surface area contributed by atoms with Gasteiger partial charge in [0.2, 0.25) is 0 Å². The summed E-state index contributed by atoms with van der Waals surface area (Å²) in [6, 6.07) is 24.6. The predicted octanol–water partition coefficient (Wildman–Crippen LogP) is 4.97. The van der Waals surface area contributed by atoms with Crippen LogP contribution in [0.25, 0.3) is 11.1 Å². The van der Waals surface area contributed by atoms with E-state index in [4.69, 9.17) is 0 Å². The molecule has 2 aromatic carbocycles. The number of nitroso groups, excluding NO2 is 1. The zero-order valence-corrected chi connectivity index (χ0v) is 12.3. The molecule has 23 heavy (non-hydrogen) atoms. The molecule has 0 amide bonds. The number of hydrogen-bond donors (Lipinski definition) is 2. The van der Waals surface area contributed by atoms with Gasteiger partial charge in [-0.15, -0.1) is 4.91 Å². The third-order valence-corrected chi connectivity index (χ3v) is 3.41. The number of benzene rings is 3. The van der Waals surface area contributed by atoms with E-state index in [0.29, 0.717) is 0 Å². The second-order valence-electron chi connectivity index (χ2n) is 4.95. The van der Waals surface area contributed by atoms with Crippen molar-refractivity contribution in [1.29, 1.82) is 0 Å². The first kappa shape index (κ1) is 14.7. The van der Waals surface area contributed by atoms with E-state index in [1.165, 1.54) is 10.6 Å². The van der Waals surface area contributed by atoms with Crippen molar-refractivity contribution in [2.24, 2.45) is 5.29 Å². The fourth-order valence-electron chi connectivity index (χ4n) is 2.19. The molecule has 0 radical (unpaired) electrons. The normalized spacial score (nSPS) is 10.1. The van der Waals surface area contributed by atoms with E-state index in [2.05, 4.69) is 10.7 Å². The quantitative estimate of drug-likeness (QED) is 0.412. The molecule has 0 bridgehead atoms. The number of hydrogen-bond acceptors (Lipinski definition) is 4. The second kappa shape index (κ2) is 6.72. The molecule has 2 aromatic rings. The van der Waals surface area contributed by atoms with E-state index in [0.717, 1.165) is 22.6 Å². The van der Waals surface area contributed by atoms with Gasteiger partial charge >= 0.3 is 0 Å². The van der Waals surface area contributed by atoms with Crippen LogP contribution in [0.3, 0.4) is 0 Å².